The number of hydrogen-bond acceptors (Lipinski definition) is 7. The van der Waals surface area contributed by atoms with Crippen molar-refractivity contribution in [3.8, 4) is 10.6 Å². The quantitative estimate of drug-likeness (QED) is 0.417. The molecule has 1 saturated heterocycles. The Labute approximate surface area is 203 Å². The number of aryl methyl sites for hydroxylation is 1. The summed E-state index contributed by atoms with van der Waals surface area (Å²) in [5.41, 5.74) is 5.90. The largest absolute Gasteiger partial charge is 0.389 e. The Morgan fingerprint density at radius 3 is 2.71 bits per heavy atom. The van der Waals surface area contributed by atoms with E-state index in [9.17, 15) is 22.4 Å². The van der Waals surface area contributed by atoms with E-state index in [2.05, 4.69) is 20.7 Å². The summed E-state index contributed by atoms with van der Waals surface area (Å²) in [5, 5.41) is 9.87. The number of aromatic nitrogens is 3. The van der Waals surface area contributed by atoms with Gasteiger partial charge in [-0.1, -0.05) is 17.4 Å². The van der Waals surface area contributed by atoms with Gasteiger partial charge in [0.05, 0.1) is 18.3 Å². The highest BCUT2D eigenvalue weighted by atomic mass is 32.1. The number of nitrogens with one attached hydrogen (secondary N) is 2. The maximum atomic E-state index is 14.2. The van der Waals surface area contributed by atoms with E-state index in [1.54, 1.807) is 11.7 Å². The van der Waals surface area contributed by atoms with Gasteiger partial charge in [-0.3, -0.25) is 9.48 Å². The molecule has 1 fully saturated rings. The number of thiazole rings is 1. The Morgan fingerprint density at radius 2 is 2.00 bits per heavy atom. The van der Waals surface area contributed by atoms with E-state index >= 15 is 0 Å². The van der Waals surface area contributed by atoms with Gasteiger partial charge < -0.3 is 21.3 Å². The van der Waals surface area contributed by atoms with E-state index in [1.165, 1.54) is 12.3 Å². The second kappa shape index (κ2) is 10.6. The van der Waals surface area contributed by atoms with Crippen LogP contribution in [-0.4, -0.2) is 52.8 Å². The number of carbonyl (C=O) groups is 1. The molecule has 35 heavy (non-hydrogen) atoms. The first-order valence-electron chi connectivity index (χ1n) is 11.0. The smallest absolute Gasteiger partial charge is 0.277 e. The second-order valence-electron chi connectivity index (χ2n) is 8.20. The lowest BCUT2D eigenvalue weighted by Crippen LogP contribution is -2.34. The van der Waals surface area contributed by atoms with E-state index in [0.29, 0.717) is 31.0 Å². The molecule has 13 heteroatoms. The minimum atomic E-state index is -2.40. The van der Waals surface area contributed by atoms with Crippen molar-refractivity contribution in [3.63, 3.8) is 0 Å². The van der Waals surface area contributed by atoms with Crippen molar-refractivity contribution in [2.45, 2.75) is 31.7 Å². The van der Waals surface area contributed by atoms with Crippen LogP contribution in [0.5, 0.6) is 0 Å². The molecule has 0 bridgehead atoms. The molecule has 1 atom stereocenters. The highest BCUT2D eigenvalue weighted by Gasteiger charge is 2.26. The summed E-state index contributed by atoms with van der Waals surface area (Å²) in [4.78, 5) is 19.1. The fourth-order valence-corrected chi connectivity index (χ4v) is 5.02. The average molecular weight is 512 g/mol. The topological polar surface area (TPSA) is 101 Å². The third-order valence-electron chi connectivity index (χ3n) is 5.79. The first-order chi connectivity index (χ1) is 16.7. The van der Waals surface area contributed by atoms with Crippen LogP contribution in [0, 0.1) is 11.6 Å². The fraction of sp³-hybridized carbons (Fsp3) is 0.409. The Balaban J connectivity index is 1.51. The summed E-state index contributed by atoms with van der Waals surface area (Å²) in [6.45, 7) is 0.898. The van der Waals surface area contributed by atoms with Crippen LogP contribution in [0.15, 0.2) is 24.4 Å². The molecule has 1 aliphatic heterocycles. The minimum absolute atomic E-state index is 0.0210. The minimum Gasteiger partial charge on any atom is -0.389 e. The van der Waals surface area contributed by atoms with E-state index in [0.717, 1.165) is 36.3 Å². The van der Waals surface area contributed by atoms with Crippen LogP contribution in [0.2, 0.25) is 0 Å². The number of alkyl halides is 2. The van der Waals surface area contributed by atoms with Gasteiger partial charge in [-0.15, -0.1) is 0 Å². The molecule has 0 radical (unpaired) electrons. The van der Waals surface area contributed by atoms with E-state index in [-0.39, 0.29) is 33.9 Å². The number of rotatable bonds is 7. The van der Waals surface area contributed by atoms with Gasteiger partial charge in [0.2, 0.25) is 0 Å². The number of benzene rings is 1. The fourth-order valence-electron chi connectivity index (χ4n) is 4.15. The summed E-state index contributed by atoms with van der Waals surface area (Å²) >= 11 is 0.816. The molecule has 0 saturated carbocycles. The second-order valence-corrected chi connectivity index (χ2v) is 9.23. The number of nitrogens with zero attached hydrogens (tertiary/aromatic N) is 4. The van der Waals surface area contributed by atoms with E-state index in [4.69, 9.17) is 5.73 Å². The number of carbonyl (C=O) groups excluding carboxylic acids is 1. The van der Waals surface area contributed by atoms with Gasteiger partial charge in [0.25, 0.3) is 12.3 Å². The van der Waals surface area contributed by atoms with Crippen LogP contribution in [0.25, 0.3) is 10.6 Å². The summed E-state index contributed by atoms with van der Waals surface area (Å²) in [6.07, 6.45) is 1.28. The number of anilines is 3. The third-order valence-corrected chi connectivity index (χ3v) is 6.69. The van der Waals surface area contributed by atoms with Crippen molar-refractivity contribution in [3.05, 3.63) is 41.7 Å². The maximum absolute atomic E-state index is 14.2. The van der Waals surface area contributed by atoms with Crippen LogP contribution in [-0.2, 0) is 7.05 Å². The zero-order valence-electron chi connectivity index (χ0n) is 18.9. The maximum Gasteiger partial charge on any atom is 0.277 e. The molecule has 0 spiro atoms. The molecular formula is C22H25F4N7OS. The van der Waals surface area contributed by atoms with Gasteiger partial charge >= 0.3 is 0 Å². The van der Waals surface area contributed by atoms with Crippen molar-refractivity contribution < 1.29 is 22.4 Å². The molecular weight excluding hydrogens is 486 g/mol. The molecule has 188 valence electrons. The molecule has 3 heterocycles. The molecule has 4 rings (SSSR count). The summed E-state index contributed by atoms with van der Waals surface area (Å²) in [5.74, 6) is -1.59. The lowest BCUT2D eigenvalue weighted by Gasteiger charge is -2.24. The Hall–Kier alpha value is -3.19. The highest BCUT2D eigenvalue weighted by molar-refractivity contribution is 7.19. The molecule has 8 nitrogen and oxygen atoms in total. The van der Waals surface area contributed by atoms with Crippen LogP contribution < -0.4 is 21.3 Å². The third kappa shape index (κ3) is 5.56. The SMILES string of the molecule is Cn1ncc(NC(=O)c2nc(-c3c(F)cccc3F)sc2N)c1N1CCC[C@H](NCC(F)F)CC1. The Morgan fingerprint density at radius 1 is 1.26 bits per heavy atom. The molecule has 1 aliphatic rings. The molecule has 0 aliphatic carbocycles. The Bertz CT molecular complexity index is 1180. The molecule has 2 aromatic heterocycles. The van der Waals surface area contributed by atoms with Gasteiger partial charge in [0.15, 0.2) is 11.5 Å². The van der Waals surface area contributed by atoms with Crippen molar-refractivity contribution in [1.82, 2.24) is 20.1 Å². The van der Waals surface area contributed by atoms with Crippen LogP contribution in [0.4, 0.5) is 34.1 Å². The molecule has 0 unspecified atom stereocenters. The van der Waals surface area contributed by atoms with Crippen LogP contribution in [0.1, 0.15) is 29.8 Å². The monoisotopic (exact) mass is 511 g/mol. The molecule has 3 aromatic rings. The number of nitrogen functional groups attached to an aromatic ring is 1. The zero-order valence-corrected chi connectivity index (χ0v) is 19.7. The van der Waals surface area contributed by atoms with Gasteiger partial charge in [0.1, 0.15) is 27.3 Å². The standard InChI is InChI=1S/C22H25F4N7OS/c1-32-22(33-8-3-4-12(7-9-33)28-11-16(25)26)15(10-29-32)30-20(34)18-19(27)35-21(31-18)17-13(23)5-2-6-14(17)24/h2,5-6,10,12,16,28H,3-4,7-9,11,27H2,1H3,(H,30,34)/t12-/m0/s1. The number of nitrogens with two attached hydrogens (primary N) is 1. The number of amides is 1. The lowest BCUT2D eigenvalue weighted by atomic mass is 10.1. The van der Waals surface area contributed by atoms with Gasteiger partial charge in [-0.05, 0) is 31.4 Å². The van der Waals surface area contributed by atoms with Crippen molar-refractivity contribution in [2.75, 3.05) is 35.6 Å². The Kier molecular flexibility index (Phi) is 7.55. The summed E-state index contributed by atoms with van der Waals surface area (Å²) in [7, 11) is 1.73. The summed E-state index contributed by atoms with van der Waals surface area (Å²) < 4.78 is 55.0. The zero-order chi connectivity index (χ0) is 25.1. The lowest BCUT2D eigenvalue weighted by molar-refractivity contribution is 0.102. The normalized spacial score (nSPS) is 16.5. The molecule has 1 aromatic carbocycles. The first-order valence-corrected chi connectivity index (χ1v) is 11.9. The highest BCUT2D eigenvalue weighted by Crippen LogP contribution is 2.34. The van der Waals surface area contributed by atoms with Gasteiger partial charge in [-0.2, -0.15) is 5.10 Å². The summed E-state index contributed by atoms with van der Waals surface area (Å²) in [6, 6.07) is 3.42. The van der Waals surface area contributed by atoms with E-state index < -0.39 is 24.0 Å². The van der Waals surface area contributed by atoms with Gasteiger partial charge in [0, 0.05) is 26.2 Å². The van der Waals surface area contributed by atoms with E-state index in [1.807, 2.05) is 4.90 Å². The van der Waals surface area contributed by atoms with Crippen molar-refractivity contribution in [2.24, 2.45) is 7.05 Å². The number of halogens is 4. The van der Waals surface area contributed by atoms with Crippen molar-refractivity contribution in [1.29, 1.82) is 0 Å². The molecule has 4 N–H and O–H groups in total. The number of hydrogen-bond donors (Lipinski definition) is 3. The predicted molar refractivity (Wildman–Crippen MR) is 127 cm³/mol. The first kappa shape index (κ1) is 24.9. The van der Waals surface area contributed by atoms with Gasteiger partial charge in [-0.25, -0.2) is 22.5 Å². The van der Waals surface area contributed by atoms with Crippen LogP contribution >= 0.6 is 11.3 Å². The van der Waals surface area contributed by atoms with Crippen molar-refractivity contribution >= 4 is 33.8 Å². The molecule has 1 amide bonds. The average Bonchev–Trinajstić information content (AvgIpc) is 3.26. The predicted octanol–water partition coefficient (Wildman–Crippen LogP) is 3.87. The van der Waals surface area contributed by atoms with Crippen LogP contribution in [0.3, 0.4) is 0 Å².